The van der Waals surface area contributed by atoms with Crippen LogP contribution in [0.2, 0.25) is 0 Å². The first-order valence-electron chi connectivity index (χ1n) is 5.38. The summed E-state index contributed by atoms with van der Waals surface area (Å²) in [6.45, 7) is 2.08. The third-order valence-corrected chi connectivity index (χ3v) is 3.04. The first-order chi connectivity index (χ1) is 8.61. The van der Waals surface area contributed by atoms with E-state index in [1.54, 1.807) is 0 Å². The quantitative estimate of drug-likeness (QED) is 0.438. The van der Waals surface area contributed by atoms with Gasteiger partial charge < -0.3 is 9.47 Å². The topological polar surface area (TPSA) is 52.6 Å². The minimum absolute atomic E-state index is 0.0944. The van der Waals surface area contributed by atoms with E-state index in [4.69, 9.17) is 4.74 Å². The van der Waals surface area contributed by atoms with Gasteiger partial charge in [0.05, 0.1) is 5.57 Å². The number of carbonyl (C=O) groups is 2. The lowest BCUT2D eigenvalue weighted by atomic mass is 9.92. The summed E-state index contributed by atoms with van der Waals surface area (Å²) in [5.41, 5.74) is -1.03. The van der Waals surface area contributed by atoms with E-state index in [1.165, 1.54) is 0 Å². The highest BCUT2D eigenvalue weighted by molar-refractivity contribution is 9.09. The van der Waals surface area contributed by atoms with Crippen molar-refractivity contribution in [1.29, 1.82) is 0 Å². The third kappa shape index (κ3) is 4.52. The molecular formula is C11H12BrF3O4. The molecule has 0 aromatic heterocycles. The molecular weight excluding hydrogens is 333 g/mol. The number of rotatable bonds is 2. The smallest absolute Gasteiger partial charge is 0.416 e. The number of hydrogen-bond donors (Lipinski definition) is 0. The lowest BCUT2D eigenvalue weighted by Gasteiger charge is -2.33. The highest BCUT2D eigenvalue weighted by Crippen LogP contribution is 2.38. The summed E-state index contributed by atoms with van der Waals surface area (Å²) < 4.78 is 48.2. The van der Waals surface area contributed by atoms with Crippen molar-refractivity contribution in [2.24, 2.45) is 0 Å². The van der Waals surface area contributed by atoms with Crippen LogP contribution in [0.25, 0.3) is 0 Å². The van der Waals surface area contributed by atoms with Crippen LogP contribution in [-0.4, -0.2) is 35.2 Å². The van der Waals surface area contributed by atoms with E-state index in [0.29, 0.717) is 0 Å². The second-order valence-electron chi connectivity index (χ2n) is 4.05. The highest BCUT2D eigenvalue weighted by Gasteiger charge is 2.47. The van der Waals surface area contributed by atoms with Gasteiger partial charge in [-0.15, -0.1) is 0 Å². The van der Waals surface area contributed by atoms with Gasteiger partial charge in [-0.2, -0.15) is 13.2 Å². The van der Waals surface area contributed by atoms with Gasteiger partial charge in [0.2, 0.25) is 0 Å². The molecule has 0 radical (unpaired) electrons. The van der Waals surface area contributed by atoms with Crippen molar-refractivity contribution in [1.82, 2.24) is 0 Å². The predicted molar refractivity (Wildman–Crippen MR) is 62.6 cm³/mol. The maximum atomic E-state index is 12.9. The van der Waals surface area contributed by atoms with Gasteiger partial charge in [-0.05, 0) is 0 Å². The molecule has 0 saturated heterocycles. The molecule has 0 fully saturated rings. The summed E-state index contributed by atoms with van der Waals surface area (Å²) in [5.74, 6) is -1.60. The molecule has 0 saturated carbocycles. The summed E-state index contributed by atoms with van der Waals surface area (Å²) in [6.07, 6.45) is -6.43. The molecule has 4 nitrogen and oxygen atoms in total. The average Bonchev–Trinajstić information content (AvgIpc) is 2.18. The van der Waals surface area contributed by atoms with Crippen molar-refractivity contribution in [3.63, 3.8) is 0 Å². The van der Waals surface area contributed by atoms with E-state index >= 15 is 0 Å². The van der Waals surface area contributed by atoms with E-state index < -0.39 is 40.7 Å². The Kier molecular flexibility index (Phi) is 5.00. The summed E-state index contributed by atoms with van der Waals surface area (Å²) in [6, 6.07) is 0. The van der Waals surface area contributed by atoms with Crippen molar-refractivity contribution in [2.75, 3.05) is 0 Å². The largest absolute Gasteiger partial charge is 0.458 e. The van der Waals surface area contributed by atoms with Gasteiger partial charge in [0.25, 0.3) is 0 Å². The molecule has 3 atom stereocenters. The summed E-state index contributed by atoms with van der Waals surface area (Å²) in [5, 5.41) is 0. The highest BCUT2D eigenvalue weighted by atomic mass is 79.9. The Morgan fingerprint density at radius 1 is 1.26 bits per heavy atom. The second kappa shape index (κ2) is 5.94. The van der Waals surface area contributed by atoms with E-state index in [1.807, 2.05) is 0 Å². The van der Waals surface area contributed by atoms with Crippen LogP contribution in [0.3, 0.4) is 0 Å². The molecule has 0 amide bonds. The van der Waals surface area contributed by atoms with Crippen molar-refractivity contribution in [3.8, 4) is 0 Å². The van der Waals surface area contributed by atoms with E-state index in [0.717, 1.165) is 19.9 Å². The van der Waals surface area contributed by atoms with Crippen molar-refractivity contribution in [3.05, 3.63) is 11.6 Å². The van der Waals surface area contributed by atoms with Gasteiger partial charge in [0, 0.05) is 25.1 Å². The number of allylic oxidation sites excluding steroid dienone is 1. The molecule has 0 bridgehead atoms. The number of hydrogen-bond acceptors (Lipinski definition) is 4. The number of halogens is 4. The molecule has 0 aliphatic heterocycles. The minimum Gasteiger partial charge on any atom is -0.458 e. The lowest BCUT2D eigenvalue weighted by Crippen LogP contribution is -2.44. The van der Waals surface area contributed by atoms with Gasteiger partial charge in [-0.25, -0.2) is 0 Å². The van der Waals surface area contributed by atoms with Crippen molar-refractivity contribution < 1.29 is 32.2 Å². The monoisotopic (exact) mass is 344 g/mol. The van der Waals surface area contributed by atoms with Gasteiger partial charge in [0.1, 0.15) is 6.10 Å². The Balaban J connectivity index is 3.10. The molecule has 1 rings (SSSR count). The Hall–Kier alpha value is -1.05. The van der Waals surface area contributed by atoms with Crippen LogP contribution in [0.15, 0.2) is 11.6 Å². The molecule has 0 N–H and O–H groups in total. The second-order valence-corrected chi connectivity index (χ2v) is 5.23. The van der Waals surface area contributed by atoms with E-state index in [2.05, 4.69) is 20.7 Å². The molecule has 1 aliphatic rings. The molecule has 8 heteroatoms. The zero-order valence-corrected chi connectivity index (χ0v) is 11.7. The predicted octanol–water partition coefficient (Wildman–Crippen LogP) is 2.51. The van der Waals surface area contributed by atoms with Gasteiger partial charge in [-0.3, -0.25) is 9.59 Å². The van der Waals surface area contributed by atoms with Crippen LogP contribution < -0.4 is 0 Å². The van der Waals surface area contributed by atoms with Crippen LogP contribution in [0.4, 0.5) is 13.2 Å². The molecule has 0 aromatic rings. The van der Waals surface area contributed by atoms with Gasteiger partial charge in [0.15, 0.2) is 6.10 Å². The molecule has 19 heavy (non-hydrogen) atoms. The molecule has 0 spiro atoms. The fraction of sp³-hybridized carbons (Fsp3) is 0.636. The van der Waals surface area contributed by atoms with Crippen LogP contribution in [0, 0.1) is 0 Å². The number of ether oxygens (including phenoxy) is 2. The normalized spacial score (nSPS) is 27.5. The van der Waals surface area contributed by atoms with Crippen LogP contribution in [0.5, 0.6) is 0 Å². The Morgan fingerprint density at radius 3 is 2.21 bits per heavy atom. The first-order valence-corrected chi connectivity index (χ1v) is 6.30. The summed E-state index contributed by atoms with van der Waals surface area (Å²) in [4.78, 5) is 21.2. The fourth-order valence-electron chi connectivity index (χ4n) is 1.80. The van der Waals surface area contributed by atoms with Crippen molar-refractivity contribution >= 4 is 27.9 Å². The lowest BCUT2D eigenvalue weighted by molar-refractivity contribution is -0.171. The number of carbonyl (C=O) groups excluding carboxylic acids is 2. The maximum absolute atomic E-state index is 12.9. The summed E-state index contributed by atoms with van der Waals surface area (Å²) >= 11 is 3.04. The zero-order valence-electron chi connectivity index (χ0n) is 10.2. The Labute approximate surface area is 116 Å². The number of esters is 2. The van der Waals surface area contributed by atoms with Crippen LogP contribution in [0.1, 0.15) is 20.3 Å². The van der Waals surface area contributed by atoms with Crippen LogP contribution >= 0.6 is 15.9 Å². The first kappa shape index (κ1) is 16.0. The Bertz CT molecular complexity index is 405. The molecule has 0 heterocycles. The van der Waals surface area contributed by atoms with Crippen molar-refractivity contribution in [2.45, 2.75) is 43.5 Å². The van der Waals surface area contributed by atoms with E-state index in [-0.39, 0.29) is 6.42 Å². The van der Waals surface area contributed by atoms with Crippen LogP contribution in [-0.2, 0) is 19.1 Å². The molecule has 108 valence electrons. The maximum Gasteiger partial charge on any atom is 0.416 e. The van der Waals surface area contributed by atoms with Gasteiger partial charge in [-0.1, -0.05) is 22.0 Å². The Morgan fingerprint density at radius 2 is 1.79 bits per heavy atom. The SMILES string of the molecule is CC(=O)O[C@H]1CC(Br)C=C(C(F)(F)F)[C@@H]1OC(C)=O. The number of alkyl halides is 4. The standard InChI is InChI=1S/C11H12BrF3O4/c1-5(16)18-9-4-7(12)3-8(11(13,14)15)10(9)19-6(2)17/h3,7,9-10H,4H2,1-2H3/t7?,9-,10-/m0/s1. The zero-order chi connectivity index (χ0) is 14.8. The average molecular weight is 345 g/mol. The minimum atomic E-state index is -4.66. The molecule has 1 aliphatic carbocycles. The third-order valence-electron chi connectivity index (χ3n) is 2.40. The van der Waals surface area contributed by atoms with Gasteiger partial charge >= 0.3 is 18.1 Å². The fourth-order valence-corrected chi connectivity index (χ4v) is 2.45. The molecule has 1 unspecified atom stereocenters. The molecule has 0 aromatic carbocycles. The summed E-state index contributed by atoms with van der Waals surface area (Å²) in [7, 11) is 0. The van der Waals surface area contributed by atoms with E-state index in [9.17, 15) is 22.8 Å².